The Bertz CT molecular complexity index is 2460. The number of oxime groups is 1. The SMILES string of the molecule is CCO/N=C(\C(=O)NC1C(=O)N2C(C(=O)OCc3ccc(OC)cc3)=C(C[n+]3cccc4c3ncn4CC(COC)NC(=O)OC(C)(C)C)CSC12)c1nsc(NC(=O)OC(C)(C)C)n1. The van der Waals surface area contributed by atoms with E-state index < -0.39 is 58.6 Å². The first kappa shape index (κ1) is 48.1. The number of methoxy groups -OCH3 is 2. The van der Waals surface area contributed by atoms with Crippen LogP contribution in [0.4, 0.5) is 14.7 Å². The highest BCUT2D eigenvalue weighted by molar-refractivity contribution is 8.00. The standard InChI is InChI=1S/C42H52N10O11S2/c1-10-61-48-29(32-46-38(65-49-32)47-40(57)63-42(5,6)7)34(53)45-30-35(54)52-31(37(55)60-20-24-13-15-27(59-9)16-14-24)25(22-64-36(30)52)18-50-17-11-12-28-33(50)43-23-51(28)19-26(21-58-8)44-39(56)62-41(2,3)4/h11-17,23,26,30,36H,10,18-22H2,1-9H3,(H2-,44,45,46,47,49,53,56,57)/p+1/b48-29-. The van der Waals surface area contributed by atoms with Gasteiger partial charge in [0.25, 0.3) is 11.8 Å². The molecule has 1 aromatic carbocycles. The predicted molar refractivity (Wildman–Crippen MR) is 238 cm³/mol. The molecule has 3 unspecified atom stereocenters. The normalized spacial score (nSPS) is 16.8. The Morgan fingerprint density at radius 2 is 1.74 bits per heavy atom. The number of β-lactam (4-membered cyclic amide) rings is 1. The highest BCUT2D eigenvalue weighted by Crippen LogP contribution is 2.41. The molecule has 1 saturated heterocycles. The van der Waals surface area contributed by atoms with Crippen molar-refractivity contribution >= 4 is 75.3 Å². The van der Waals surface area contributed by atoms with Gasteiger partial charge >= 0.3 is 23.8 Å². The zero-order valence-corrected chi connectivity index (χ0v) is 39.2. The van der Waals surface area contributed by atoms with Crippen LogP contribution in [-0.2, 0) is 57.9 Å². The molecule has 21 nitrogen and oxygen atoms in total. The van der Waals surface area contributed by atoms with Gasteiger partial charge in [-0.15, -0.1) is 11.8 Å². The molecule has 2 aliphatic heterocycles. The lowest BCUT2D eigenvalue weighted by Crippen LogP contribution is -2.71. The molecule has 6 rings (SSSR count). The number of fused-ring (bicyclic) bond motifs is 2. The number of ether oxygens (including phenoxy) is 5. The van der Waals surface area contributed by atoms with Crippen LogP contribution in [0.5, 0.6) is 5.75 Å². The Labute approximate surface area is 383 Å². The van der Waals surface area contributed by atoms with E-state index in [0.29, 0.717) is 29.1 Å². The largest absolute Gasteiger partial charge is 0.497 e. The Hall–Kier alpha value is -6.33. The summed E-state index contributed by atoms with van der Waals surface area (Å²) in [6.07, 6.45) is 2.13. The zero-order valence-electron chi connectivity index (χ0n) is 37.5. The minimum Gasteiger partial charge on any atom is -0.497 e. The second kappa shape index (κ2) is 20.7. The first-order valence-corrected chi connectivity index (χ1v) is 22.3. The third-order valence-corrected chi connectivity index (χ3v) is 11.3. The monoisotopic (exact) mass is 937 g/mol. The summed E-state index contributed by atoms with van der Waals surface area (Å²) >= 11 is 2.15. The lowest BCUT2D eigenvalue weighted by Gasteiger charge is -2.49. The summed E-state index contributed by atoms with van der Waals surface area (Å²) in [4.78, 5) is 82.6. The number of nitrogens with zero attached hydrogens (tertiary/aromatic N) is 7. The first-order valence-electron chi connectivity index (χ1n) is 20.5. The van der Waals surface area contributed by atoms with Gasteiger partial charge in [-0.3, -0.25) is 19.8 Å². The van der Waals surface area contributed by atoms with E-state index in [2.05, 4.69) is 30.5 Å². The van der Waals surface area contributed by atoms with E-state index in [4.69, 9.17) is 33.5 Å². The van der Waals surface area contributed by atoms with Crippen LogP contribution in [0.3, 0.4) is 0 Å². The molecule has 0 aliphatic carbocycles. The number of nitrogens with one attached hydrogen (secondary N) is 3. The van der Waals surface area contributed by atoms with Gasteiger partial charge < -0.3 is 43.7 Å². The van der Waals surface area contributed by atoms with Crippen molar-refractivity contribution < 1.29 is 57.1 Å². The molecule has 3 atom stereocenters. The number of aromatic nitrogens is 5. The lowest BCUT2D eigenvalue weighted by atomic mass is 10.0. The number of alkyl carbamates (subject to hydrolysis) is 1. The van der Waals surface area contributed by atoms with Crippen molar-refractivity contribution in [1.29, 1.82) is 0 Å². The first-order chi connectivity index (χ1) is 30.9. The predicted octanol–water partition coefficient (Wildman–Crippen LogP) is 3.91. The van der Waals surface area contributed by atoms with E-state index in [1.807, 2.05) is 27.5 Å². The molecule has 3 aromatic heterocycles. The van der Waals surface area contributed by atoms with Gasteiger partial charge in [0.05, 0.1) is 26.0 Å². The molecule has 23 heteroatoms. The molecule has 65 heavy (non-hydrogen) atoms. The van der Waals surface area contributed by atoms with Gasteiger partial charge in [-0.05, 0) is 83.3 Å². The molecule has 0 spiro atoms. The van der Waals surface area contributed by atoms with Crippen LogP contribution in [0.25, 0.3) is 11.2 Å². The number of imidazole rings is 1. The number of esters is 1. The molecule has 4 amide bonds. The van der Waals surface area contributed by atoms with Crippen molar-refractivity contribution in [2.24, 2.45) is 5.16 Å². The Kier molecular flexibility index (Phi) is 15.3. The van der Waals surface area contributed by atoms with Gasteiger partial charge in [-0.25, -0.2) is 19.0 Å². The second-order valence-electron chi connectivity index (χ2n) is 16.7. The minimum absolute atomic E-state index is 0.0428. The molecular formula is C42H53N10O11S2+. The number of benzene rings is 1. The van der Waals surface area contributed by atoms with Gasteiger partial charge in [0, 0.05) is 36.5 Å². The summed E-state index contributed by atoms with van der Waals surface area (Å²) in [6.45, 7) is 12.8. The molecule has 348 valence electrons. The highest BCUT2D eigenvalue weighted by Gasteiger charge is 2.55. The number of hydrogen-bond donors (Lipinski definition) is 3. The summed E-state index contributed by atoms with van der Waals surface area (Å²) in [5, 5.41) is 11.3. The topological polar surface area (TPSA) is 240 Å². The van der Waals surface area contributed by atoms with E-state index in [1.165, 1.54) is 16.7 Å². The van der Waals surface area contributed by atoms with Crippen molar-refractivity contribution in [2.75, 3.05) is 38.5 Å². The zero-order chi connectivity index (χ0) is 47.1. The second-order valence-corrected chi connectivity index (χ2v) is 18.5. The fourth-order valence-corrected chi connectivity index (χ4v) is 8.52. The summed E-state index contributed by atoms with van der Waals surface area (Å²) in [7, 11) is 3.09. The quantitative estimate of drug-likeness (QED) is 0.0340. The van der Waals surface area contributed by atoms with E-state index in [1.54, 1.807) is 93.3 Å². The van der Waals surface area contributed by atoms with Crippen LogP contribution in [0.15, 0.2) is 65.3 Å². The Morgan fingerprint density at radius 3 is 2.42 bits per heavy atom. The number of carbonyl (C=O) groups excluding carboxylic acids is 5. The maximum absolute atomic E-state index is 14.2. The van der Waals surface area contributed by atoms with Crippen molar-refractivity contribution in [3.05, 3.63) is 71.6 Å². The van der Waals surface area contributed by atoms with Gasteiger partial charge in [-0.1, -0.05) is 17.3 Å². The summed E-state index contributed by atoms with van der Waals surface area (Å²) in [5.41, 5.74) is 0.851. The number of amides is 4. The maximum Gasteiger partial charge on any atom is 0.414 e. The lowest BCUT2D eigenvalue weighted by molar-refractivity contribution is -0.664. The van der Waals surface area contributed by atoms with Crippen LogP contribution >= 0.6 is 23.3 Å². The molecule has 0 saturated carbocycles. The molecular weight excluding hydrogens is 885 g/mol. The van der Waals surface area contributed by atoms with Gasteiger partial charge in [0.1, 0.15) is 59.3 Å². The number of thioether (sulfide) groups is 1. The molecule has 3 N–H and O–H groups in total. The fourth-order valence-electron chi connectivity index (χ4n) is 6.63. The van der Waals surface area contributed by atoms with Gasteiger partial charge in [0.15, 0.2) is 0 Å². The number of hydrogen-bond acceptors (Lipinski definition) is 17. The third-order valence-electron chi connectivity index (χ3n) is 9.32. The van der Waals surface area contributed by atoms with E-state index >= 15 is 0 Å². The molecule has 0 bridgehead atoms. The summed E-state index contributed by atoms with van der Waals surface area (Å²) < 4.78 is 35.1. The fraction of sp³-hybridized carbons (Fsp3) is 0.476. The number of anilines is 1. The van der Waals surface area contributed by atoms with Crippen molar-refractivity contribution in [1.82, 2.24) is 34.4 Å². The Morgan fingerprint density at radius 1 is 1.02 bits per heavy atom. The van der Waals surface area contributed by atoms with E-state index in [0.717, 1.165) is 17.0 Å². The number of pyridine rings is 1. The molecule has 4 aromatic rings. The van der Waals surface area contributed by atoms with Crippen LogP contribution < -0.4 is 25.3 Å². The van der Waals surface area contributed by atoms with E-state index in [-0.39, 0.29) is 54.5 Å². The highest BCUT2D eigenvalue weighted by atomic mass is 32.2. The average Bonchev–Trinajstić information content (AvgIpc) is 3.88. The maximum atomic E-state index is 14.2. The van der Waals surface area contributed by atoms with E-state index in [9.17, 15) is 24.0 Å². The van der Waals surface area contributed by atoms with Crippen LogP contribution in [-0.4, -0.2) is 121 Å². The van der Waals surface area contributed by atoms with Crippen LogP contribution in [0, 0.1) is 0 Å². The smallest absolute Gasteiger partial charge is 0.414 e. The van der Waals surface area contributed by atoms with Gasteiger partial charge in [0.2, 0.25) is 23.0 Å². The molecule has 1 fully saturated rings. The van der Waals surface area contributed by atoms with Crippen molar-refractivity contribution in [3.8, 4) is 5.75 Å². The third kappa shape index (κ3) is 12.3. The summed E-state index contributed by atoms with van der Waals surface area (Å²) in [5.74, 6) is -1.35. The Balaban J connectivity index is 1.24. The molecule has 0 radical (unpaired) electrons. The van der Waals surface area contributed by atoms with Gasteiger partial charge in [-0.2, -0.15) is 9.36 Å². The van der Waals surface area contributed by atoms with Crippen LogP contribution in [0.1, 0.15) is 59.9 Å². The average molecular weight is 938 g/mol. The molecule has 2 aliphatic rings. The number of rotatable bonds is 17. The minimum atomic E-state index is -1.08. The van der Waals surface area contributed by atoms with Crippen LogP contribution in [0.2, 0.25) is 0 Å². The van der Waals surface area contributed by atoms with Crippen molar-refractivity contribution in [2.45, 2.75) is 96.8 Å². The molecule has 5 heterocycles. The summed E-state index contributed by atoms with van der Waals surface area (Å²) in [6, 6.07) is 9.22. The van der Waals surface area contributed by atoms with Crippen molar-refractivity contribution in [3.63, 3.8) is 0 Å². The number of carbonyl (C=O) groups is 5.